The van der Waals surface area contributed by atoms with Gasteiger partial charge >= 0.3 is 7.12 Å². The van der Waals surface area contributed by atoms with E-state index in [0.717, 1.165) is 18.8 Å². The van der Waals surface area contributed by atoms with E-state index in [0.29, 0.717) is 17.3 Å². The van der Waals surface area contributed by atoms with Gasteiger partial charge in [-0.05, 0) is 49.4 Å². The second-order valence-corrected chi connectivity index (χ2v) is 9.32. The van der Waals surface area contributed by atoms with E-state index < -0.39 is 0 Å². The summed E-state index contributed by atoms with van der Waals surface area (Å²) < 4.78 is 12.9. The van der Waals surface area contributed by atoms with Crippen LogP contribution < -0.4 is 5.73 Å². The minimum absolute atomic E-state index is 0.0373. The molecule has 5 heteroatoms. The van der Waals surface area contributed by atoms with Crippen LogP contribution in [0.15, 0.2) is 0 Å². The lowest BCUT2D eigenvalue weighted by Gasteiger charge is -2.64. The lowest BCUT2D eigenvalue weighted by Crippen LogP contribution is -2.65. The SMILES string of the molecule is CC(C)C[C@@H](B1O[C@@H]2C[C@@H]3C[C@@H](C3(C)C)[C@]2(C)O1)C(C)C(N)=O. The van der Waals surface area contributed by atoms with Crippen molar-refractivity contribution in [3.05, 3.63) is 0 Å². The smallest absolute Gasteiger partial charge is 0.405 e. The van der Waals surface area contributed by atoms with Crippen molar-refractivity contribution in [2.24, 2.45) is 34.8 Å². The molecule has 130 valence electrons. The largest absolute Gasteiger partial charge is 0.461 e. The monoisotopic (exact) mass is 321 g/mol. The fourth-order valence-corrected chi connectivity index (χ4v) is 5.39. The predicted octanol–water partition coefficient (Wildman–Crippen LogP) is 3.25. The summed E-state index contributed by atoms with van der Waals surface area (Å²) in [6.07, 6.45) is 3.39. The Kier molecular flexibility index (Phi) is 4.12. The van der Waals surface area contributed by atoms with Crippen molar-refractivity contribution in [3.8, 4) is 0 Å². The maximum Gasteiger partial charge on any atom is 0.461 e. The number of nitrogens with two attached hydrogens (primary N) is 1. The molecule has 4 aliphatic rings. The summed E-state index contributed by atoms with van der Waals surface area (Å²) in [7, 11) is -0.301. The van der Waals surface area contributed by atoms with Gasteiger partial charge in [0, 0.05) is 11.7 Å². The lowest BCUT2D eigenvalue weighted by atomic mass is 9.43. The van der Waals surface area contributed by atoms with E-state index in [4.69, 9.17) is 15.0 Å². The van der Waals surface area contributed by atoms with Crippen LogP contribution in [0.5, 0.6) is 0 Å². The first-order valence-electron chi connectivity index (χ1n) is 9.20. The minimum atomic E-state index is -0.301. The van der Waals surface area contributed by atoms with Crippen molar-refractivity contribution in [1.29, 1.82) is 0 Å². The van der Waals surface area contributed by atoms with Gasteiger partial charge in [0.1, 0.15) is 0 Å². The van der Waals surface area contributed by atoms with E-state index >= 15 is 0 Å². The van der Waals surface area contributed by atoms with Gasteiger partial charge in [0.25, 0.3) is 0 Å². The molecule has 2 N–H and O–H groups in total. The number of amides is 1. The van der Waals surface area contributed by atoms with Crippen molar-refractivity contribution < 1.29 is 14.1 Å². The highest BCUT2D eigenvalue weighted by molar-refractivity contribution is 6.48. The second-order valence-electron chi connectivity index (χ2n) is 9.32. The second kappa shape index (κ2) is 5.49. The van der Waals surface area contributed by atoms with E-state index in [-0.39, 0.29) is 36.5 Å². The van der Waals surface area contributed by atoms with E-state index in [9.17, 15) is 4.79 Å². The molecule has 4 rings (SSSR count). The van der Waals surface area contributed by atoms with Gasteiger partial charge in [-0.1, -0.05) is 34.6 Å². The van der Waals surface area contributed by atoms with E-state index in [1.54, 1.807) is 0 Å². The molecule has 3 aliphatic carbocycles. The highest BCUT2D eigenvalue weighted by Crippen LogP contribution is 2.66. The van der Waals surface area contributed by atoms with Gasteiger partial charge in [-0.3, -0.25) is 4.79 Å². The molecule has 1 heterocycles. The number of rotatable bonds is 5. The van der Waals surface area contributed by atoms with Gasteiger partial charge in [0.15, 0.2) is 0 Å². The third-order valence-electron chi connectivity index (χ3n) is 7.15. The number of hydrogen-bond acceptors (Lipinski definition) is 3. The minimum Gasteiger partial charge on any atom is -0.405 e. The van der Waals surface area contributed by atoms with Crippen LogP contribution in [-0.2, 0) is 14.1 Å². The summed E-state index contributed by atoms with van der Waals surface area (Å²) in [5.74, 6) is 1.32. The average molecular weight is 321 g/mol. The van der Waals surface area contributed by atoms with Crippen molar-refractivity contribution in [2.75, 3.05) is 0 Å². The lowest BCUT2D eigenvalue weighted by molar-refractivity contribution is -0.199. The molecule has 6 atom stereocenters. The molecule has 1 amide bonds. The van der Waals surface area contributed by atoms with Crippen LogP contribution in [0.4, 0.5) is 0 Å². The summed E-state index contributed by atoms with van der Waals surface area (Å²) in [6, 6.07) is 0. The predicted molar refractivity (Wildman–Crippen MR) is 91.7 cm³/mol. The fourth-order valence-electron chi connectivity index (χ4n) is 5.39. The summed E-state index contributed by atoms with van der Waals surface area (Å²) in [4.78, 5) is 11.8. The van der Waals surface area contributed by atoms with Crippen molar-refractivity contribution >= 4 is 13.0 Å². The van der Waals surface area contributed by atoms with Gasteiger partial charge in [-0.15, -0.1) is 0 Å². The van der Waals surface area contributed by atoms with Crippen LogP contribution in [0.2, 0.25) is 5.82 Å². The molecule has 0 radical (unpaired) electrons. The highest BCUT2D eigenvalue weighted by Gasteiger charge is 2.68. The molecule has 3 saturated carbocycles. The zero-order chi connectivity index (χ0) is 17.2. The molecule has 4 fully saturated rings. The van der Waals surface area contributed by atoms with Crippen LogP contribution >= 0.6 is 0 Å². The Hall–Kier alpha value is -0.545. The van der Waals surface area contributed by atoms with Crippen LogP contribution in [0, 0.1) is 29.1 Å². The Morgan fingerprint density at radius 3 is 2.43 bits per heavy atom. The van der Waals surface area contributed by atoms with Gasteiger partial charge < -0.3 is 15.0 Å². The normalized spacial score (nSPS) is 40.5. The molecular formula is C18H32BNO3. The Morgan fingerprint density at radius 1 is 1.26 bits per heavy atom. The first-order valence-corrected chi connectivity index (χ1v) is 9.20. The van der Waals surface area contributed by atoms with Gasteiger partial charge in [-0.2, -0.15) is 0 Å². The van der Waals surface area contributed by atoms with E-state index in [1.165, 1.54) is 6.42 Å². The molecule has 0 aromatic heterocycles. The third kappa shape index (κ3) is 2.55. The van der Waals surface area contributed by atoms with Crippen LogP contribution in [-0.4, -0.2) is 24.7 Å². The molecule has 4 nitrogen and oxygen atoms in total. The Balaban J connectivity index is 1.81. The standard InChI is InChI=1S/C18H32BNO3/c1-10(2)7-13(11(3)16(20)21)19-22-15-9-12-8-14(17(12,4)5)18(15,6)23-19/h10-15H,7-9H2,1-6H3,(H2,20,21)/t11?,12-,13+,14-,15+,18-/m0/s1. The maximum absolute atomic E-state index is 11.8. The van der Waals surface area contributed by atoms with E-state index in [1.807, 2.05) is 6.92 Å². The fraction of sp³-hybridized carbons (Fsp3) is 0.944. The van der Waals surface area contributed by atoms with Gasteiger partial charge in [0.2, 0.25) is 5.91 Å². The van der Waals surface area contributed by atoms with Gasteiger partial charge in [0.05, 0.1) is 11.7 Å². The summed E-state index contributed by atoms with van der Waals surface area (Å²) >= 11 is 0. The molecule has 23 heavy (non-hydrogen) atoms. The molecular weight excluding hydrogens is 289 g/mol. The number of carbonyl (C=O) groups excluding carboxylic acids is 1. The number of hydrogen-bond donors (Lipinski definition) is 1. The third-order valence-corrected chi connectivity index (χ3v) is 7.15. The quantitative estimate of drug-likeness (QED) is 0.791. The molecule has 2 bridgehead atoms. The topological polar surface area (TPSA) is 61.6 Å². The number of primary amides is 1. The molecule has 0 spiro atoms. The first kappa shape index (κ1) is 17.3. The summed E-state index contributed by atoms with van der Waals surface area (Å²) in [5, 5.41) is 0. The van der Waals surface area contributed by atoms with Crippen LogP contribution in [0.1, 0.15) is 60.8 Å². The highest BCUT2D eigenvalue weighted by atomic mass is 16.7. The van der Waals surface area contributed by atoms with Crippen LogP contribution in [0.3, 0.4) is 0 Å². The summed E-state index contributed by atoms with van der Waals surface area (Å²) in [6.45, 7) is 13.2. The Morgan fingerprint density at radius 2 is 1.91 bits per heavy atom. The maximum atomic E-state index is 11.8. The van der Waals surface area contributed by atoms with E-state index in [2.05, 4.69) is 34.6 Å². The Bertz CT molecular complexity index is 495. The van der Waals surface area contributed by atoms with Crippen molar-refractivity contribution in [3.63, 3.8) is 0 Å². The molecule has 1 aliphatic heterocycles. The molecule has 0 aromatic rings. The summed E-state index contributed by atoms with van der Waals surface area (Å²) in [5.41, 5.74) is 5.72. The molecule has 1 saturated heterocycles. The zero-order valence-electron chi connectivity index (χ0n) is 15.5. The zero-order valence-corrected chi connectivity index (χ0v) is 15.5. The average Bonchev–Trinajstić information content (AvgIpc) is 2.79. The molecule has 0 aromatic carbocycles. The van der Waals surface area contributed by atoms with Crippen molar-refractivity contribution in [2.45, 2.75) is 78.3 Å². The first-order chi connectivity index (χ1) is 10.6. The van der Waals surface area contributed by atoms with Gasteiger partial charge in [-0.25, -0.2) is 0 Å². The van der Waals surface area contributed by atoms with Crippen LogP contribution in [0.25, 0.3) is 0 Å². The number of carbonyl (C=O) groups is 1. The van der Waals surface area contributed by atoms with Crippen molar-refractivity contribution in [1.82, 2.24) is 0 Å². The Labute approximate surface area is 141 Å². The molecule has 1 unspecified atom stereocenters.